The van der Waals surface area contributed by atoms with Gasteiger partial charge in [0.25, 0.3) is 0 Å². The third-order valence-electron chi connectivity index (χ3n) is 4.50. The average Bonchev–Trinajstić information content (AvgIpc) is 3.42. The van der Waals surface area contributed by atoms with Crippen LogP contribution in [0.4, 0.5) is 0 Å². The number of hydrogen-bond acceptors (Lipinski definition) is 4. The third-order valence-corrected chi connectivity index (χ3v) is 4.50. The molecule has 1 saturated heterocycles. The Kier molecular flexibility index (Phi) is 10.6. The predicted molar refractivity (Wildman–Crippen MR) is 126 cm³/mol. The highest BCUT2D eigenvalue weighted by molar-refractivity contribution is 14.0. The number of benzene rings is 1. The summed E-state index contributed by atoms with van der Waals surface area (Å²) in [7, 11) is 0. The summed E-state index contributed by atoms with van der Waals surface area (Å²) in [6.07, 6.45) is 6.70. The molecule has 1 aromatic heterocycles. The highest BCUT2D eigenvalue weighted by atomic mass is 127. The van der Waals surface area contributed by atoms with E-state index in [2.05, 4.69) is 17.2 Å². The number of furan rings is 1. The number of nitrogens with one attached hydrogen (secondary N) is 2. The van der Waals surface area contributed by atoms with Gasteiger partial charge in [0.15, 0.2) is 5.96 Å². The molecule has 7 heteroatoms. The number of ether oxygens (including phenoxy) is 2. The Labute approximate surface area is 189 Å². The molecule has 1 aromatic carbocycles. The SMILES string of the molecule is C=CCOc1ccccc1CN=C(NCCc1ccco1)NCC1CCCO1.I. The van der Waals surface area contributed by atoms with Crippen molar-refractivity contribution < 1.29 is 13.9 Å². The number of hydrogen-bond donors (Lipinski definition) is 2. The molecule has 1 atom stereocenters. The molecule has 0 spiro atoms. The van der Waals surface area contributed by atoms with Crippen molar-refractivity contribution >= 4 is 29.9 Å². The van der Waals surface area contributed by atoms with Gasteiger partial charge in [0, 0.05) is 31.7 Å². The lowest BCUT2D eigenvalue weighted by atomic mass is 10.2. The van der Waals surface area contributed by atoms with Gasteiger partial charge in [-0.15, -0.1) is 24.0 Å². The molecule has 3 rings (SSSR count). The molecular weight excluding hydrogens is 481 g/mol. The van der Waals surface area contributed by atoms with Gasteiger partial charge in [0.2, 0.25) is 0 Å². The van der Waals surface area contributed by atoms with E-state index in [-0.39, 0.29) is 30.1 Å². The van der Waals surface area contributed by atoms with E-state index in [4.69, 9.17) is 18.9 Å². The van der Waals surface area contributed by atoms with Gasteiger partial charge >= 0.3 is 0 Å². The molecule has 0 bridgehead atoms. The Morgan fingerprint density at radius 1 is 1.24 bits per heavy atom. The fourth-order valence-electron chi connectivity index (χ4n) is 3.04. The van der Waals surface area contributed by atoms with Crippen molar-refractivity contribution in [3.8, 4) is 5.75 Å². The first-order chi connectivity index (χ1) is 13.8. The van der Waals surface area contributed by atoms with Crippen molar-refractivity contribution in [2.24, 2.45) is 4.99 Å². The standard InChI is InChI=1S/C22H29N3O3.HI/c1-2-13-28-21-10-4-3-7-18(21)16-24-22(25-17-20-9-6-15-27-20)23-12-11-19-8-5-14-26-19;/h2-5,7-8,10,14,20H,1,6,9,11-13,15-17H2,(H2,23,24,25);1H. The minimum absolute atomic E-state index is 0. The molecule has 1 aliphatic heterocycles. The monoisotopic (exact) mass is 511 g/mol. The van der Waals surface area contributed by atoms with E-state index < -0.39 is 0 Å². The summed E-state index contributed by atoms with van der Waals surface area (Å²) >= 11 is 0. The maximum Gasteiger partial charge on any atom is 0.191 e. The van der Waals surface area contributed by atoms with Gasteiger partial charge in [-0.05, 0) is 31.0 Å². The molecule has 29 heavy (non-hydrogen) atoms. The van der Waals surface area contributed by atoms with Crippen molar-refractivity contribution in [2.45, 2.75) is 31.9 Å². The van der Waals surface area contributed by atoms with Crippen LogP contribution in [0.3, 0.4) is 0 Å². The smallest absolute Gasteiger partial charge is 0.191 e. The number of para-hydroxylation sites is 1. The van der Waals surface area contributed by atoms with Crippen molar-refractivity contribution in [3.05, 3.63) is 66.6 Å². The van der Waals surface area contributed by atoms with Gasteiger partial charge in [0.1, 0.15) is 18.1 Å². The van der Waals surface area contributed by atoms with Gasteiger partial charge in [-0.2, -0.15) is 0 Å². The summed E-state index contributed by atoms with van der Waals surface area (Å²) in [5.41, 5.74) is 1.04. The van der Waals surface area contributed by atoms with Crippen LogP contribution >= 0.6 is 24.0 Å². The number of guanidine groups is 1. The Bertz CT molecular complexity index is 744. The second-order valence-corrected chi connectivity index (χ2v) is 6.64. The minimum Gasteiger partial charge on any atom is -0.489 e. The van der Waals surface area contributed by atoms with E-state index in [0.717, 1.165) is 62.0 Å². The van der Waals surface area contributed by atoms with Crippen LogP contribution in [-0.2, 0) is 17.7 Å². The molecule has 2 aromatic rings. The number of aliphatic imine (C=N–C) groups is 1. The van der Waals surface area contributed by atoms with Crippen molar-refractivity contribution in [2.75, 3.05) is 26.3 Å². The van der Waals surface area contributed by atoms with E-state index in [1.54, 1.807) is 12.3 Å². The van der Waals surface area contributed by atoms with Gasteiger partial charge in [-0.3, -0.25) is 0 Å². The maximum absolute atomic E-state index is 5.73. The minimum atomic E-state index is 0. The number of rotatable bonds is 10. The van der Waals surface area contributed by atoms with Crippen LogP contribution in [0.1, 0.15) is 24.2 Å². The molecule has 158 valence electrons. The van der Waals surface area contributed by atoms with Gasteiger partial charge < -0.3 is 24.5 Å². The molecule has 1 unspecified atom stereocenters. The van der Waals surface area contributed by atoms with Gasteiger partial charge in [-0.1, -0.05) is 30.9 Å². The largest absolute Gasteiger partial charge is 0.489 e. The molecule has 2 N–H and O–H groups in total. The molecule has 0 saturated carbocycles. The summed E-state index contributed by atoms with van der Waals surface area (Å²) in [6, 6.07) is 11.8. The highest BCUT2D eigenvalue weighted by Crippen LogP contribution is 2.19. The van der Waals surface area contributed by atoms with E-state index in [0.29, 0.717) is 13.2 Å². The van der Waals surface area contributed by atoms with Crippen molar-refractivity contribution in [1.82, 2.24) is 10.6 Å². The van der Waals surface area contributed by atoms with Crippen LogP contribution in [0.2, 0.25) is 0 Å². The molecule has 0 amide bonds. The average molecular weight is 511 g/mol. The van der Waals surface area contributed by atoms with Crippen molar-refractivity contribution in [1.29, 1.82) is 0 Å². The summed E-state index contributed by atoms with van der Waals surface area (Å²) in [5, 5.41) is 6.78. The van der Waals surface area contributed by atoms with Crippen LogP contribution in [0.5, 0.6) is 5.75 Å². The van der Waals surface area contributed by atoms with Gasteiger partial charge in [0.05, 0.1) is 18.9 Å². The van der Waals surface area contributed by atoms with Crippen molar-refractivity contribution in [3.63, 3.8) is 0 Å². The lowest BCUT2D eigenvalue weighted by Gasteiger charge is -2.16. The fourth-order valence-corrected chi connectivity index (χ4v) is 3.04. The summed E-state index contributed by atoms with van der Waals surface area (Å²) in [4.78, 5) is 4.74. The van der Waals surface area contributed by atoms with E-state index in [1.807, 2.05) is 36.4 Å². The highest BCUT2D eigenvalue weighted by Gasteiger charge is 2.15. The van der Waals surface area contributed by atoms with Crippen LogP contribution in [0.15, 0.2) is 64.7 Å². The lowest BCUT2D eigenvalue weighted by molar-refractivity contribution is 0.114. The molecule has 0 aliphatic carbocycles. The fraction of sp³-hybridized carbons (Fsp3) is 0.409. The number of halogens is 1. The Balaban J connectivity index is 0.00000300. The first-order valence-electron chi connectivity index (χ1n) is 9.83. The zero-order valence-corrected chi connectivity index (χ0v) is 19.0. The zero-order valence-electron chi connectivity index (χ0n) is 16.6. The Morgan fingerprint density at radius 2 is 2.14 bits per heavy atom. The molecule has 1 aliphatic rings. The predicted octanol–water partition coefficient (Wildman–Crippen LogP) is 3.92. The topological polar surface area (TPSA) is 68.0 Å². The molecule has 6 nitrogen and oxygen atoms in total. The second kappa shape index (κ2) is 13.3. The maximum atomic E-state index is 5.73. The zero-order chi connectivity index (χ0) is 19.4. The summed E-state index contributed by atoms with van der Waals surface area (Å²) in [5.74, 6) is 2.55. The van der Waals surface area contributed by atoms with Crippen LogP contribution in [0, 0.1) is 0 Å². The van der Waals surface area contributed by atoms with E-state index in [9.17, 15) is 0 Å². The first kappa shape index (κ1) is 23.3. The molecule has 0 radical (unpaired) electrons. The van der Waals surface area contributed by atoms with Crippen LogP contribution in [-0.4, -0.2) is 38.4 Å². The van der Waals surface area contributed by atoms with E-state index >= 15 is 0 Å². The Morgan fingerprint density at radius 3 is 2.90 bits per heavy atom. The third kappa shape index (κ3) is 8.10. The second-order valence-electron chi connectivity index (χ2n) is 6.64. The normalized spacial score (nSPS) is 16.1. The first-order valence-corrected chi connectivity index (χ1v) is 9.83. The summed E-state index contributed by atoms with van der Waals surface area (Å²) < 4.78 is 16.8. The van der Waals surface area contributed by atoms with Gasteiger partial charge in [-0.25, -0.2) is 4.99 Å². The van der Waals surface area contributed by atoms with Crippen LogP contribution < -0.4 is 15.4 Å². The lowest BCUT2D eigenvalue weighted by Crippen LogP contribution is -2.41. The molecule has 2 heterocycles. The Hall–Kier alpha value is -2.00. The molecular formula is C22H30IN3O3. The number of nitrogens with zero attached hydrogens (tertiary/aromatic N) is 1. The van der Waals surface area contributed by atoms with Crippen LogP contribution in [0.25, 0.3) is 0 Å². The quantitative estimate of drug-likeness (QED) is 0.219. The summed E-state index contributed by atoms with van der Waals surface area (Å²) in [6.45, 7) is 7.04. The molecule has 1 fully saturated rings. The van der Waals surface area contributed by atoms with E-state index in [1.165, 1.54) is 0 Å².